The zero-order valence-corrected chi connectivity index (χ0v) is 9.40. The molecule has 0 saturated heterocycles. The summed E-state index contributed by atoms with van der Waals surface area (Å²) in [4.78, 5) is 0. The van der Waals surface area contributed by atoms with Gasteiger partial charge in [0.2, 0.25) is 0 Å². The van der Waals surface area contributed by atoms with Gasteiger partial charge in [0.15, 0.2) is 0 Å². The van der Waals surface area contributed by atoms with Crippen molar-refractivity contribution in [3.63, 3.8) is 0 Å². The lowest BCUT2D eigenvalue weighted by Crippen LogP contribution is -2.22. The molecule has 0 bridgehead atoms. The third-order valence-corrected chi connectivity index (χ3v) is 2.17. The summed E-state index contributed by atoms with van der Waals surface area (Å²) in [6.45, 7) is 5.67. The van der Waals surface area contributed by atoms with Gasteiger partial charge in [-0.25, -0.2) is 0 Å². The van der Waals surface area contributed by atoms with Crippen LogP contribution in [0.1, 0.15) is 12.5 Å². The minimum absolute atomic E-state index is 0.102. The summed E-state index contributed by atoms with van der Waals surface area (Å²) < 4.78 is 11.0. The van der Waals surface area contributed by atoms with E-state index < -0.39 is 0 Å². The smallest absolute Gasteiger partial charge is 0.122 e. The Morgan fingerprint density at radius 1 is 1.27 bits per heavy atom. The number of para-hydroxylation sites is 1. The number of hydrogen-bond donors (Lipinski definition) is 1. The Kier molecular flexibility index (Phi) is 5.15. The number of benzene rings is 1. The molecular weight excluding hydrogens is 190 g/mol. The van der Waals surface area contributed by atoms with E-state index in [1.807, 2.05) is 38.1 Å². The maximum Gasteiger partial charge on any atom is 0.122 e. The van der Waals surface area contributed by atoms with Crippen molar-refractivity contribution in [1.82, 2.24) is 0 Å². The van der Waals surface area contributed by atoms with Gasteiger partial charge in [-0.15, -0.1) is 0 Å². The summed E-state index contributed by atoms with van der Waals surface area (Å²) in [7, 11) is 0. The molecule has 1 unspecified atom stereocenters. The highest BCUT2D eigenvalue weighted by molar-refractivity contribution is 5.31. The van der Waals surface area contributed by atoms with E-state index in [2.05, 4.69) is 0 Å². The molecule has 0 aliphatic heterocycles. The van der Waals surface area contributed by atoms with Crippen molar-refractivity contribution in [3.05, 3.63) is 29.8 Å². The third-order valence-electron chi connectivity index (χ3n) is 2.17. The number of hydrogen-bond acceptors (Lipinski definition) is 3. The summed E-state index contributed by atoms with van der Waals surface area (Å²) in [6.07, 6.45) is 0.102. The first-order chi connectivity index (χ1) is 7.24. The Hall–Kier alpha value is -1.06. The standard InChI is InChI=1S/C12H19NO2/c1-10-5-3-4-6-12(10)15-8-7-14-11(2)9-13/h3-6,11H,7-9,13H2,1-2H3. The first-order valence-electron chi connectivity index (χ1n) is 5.24. The van der Waals surface area contributed by atoms with Crippen molar-refractivity contribution in [1.29, 1.82) is 0 Å². The largest absolute Gasteiger partial charge is 0.491 e. The highest BCUT2D eigenvalue weighted by Crippen LogP contribution is 2.15. The molecule has 1 aromatic rings. The zero-order chi connectivity index (χ0) is 11.1. The van der Waals surface area contributed by atoms with Crippen LogP contribution in [0.4, 0.5) is 0 Å². The molecule has 1 atom stereocenters. The lowest BCUT2D eigenvalue weighted by atomic mass is 10.2. The Balaban J connectivity index is 2.23. The van der Waals surface area contributed by atoms with E-state index in [-0.39, 0.29) is 6.10 Å². The molecule has 0 fully saturated rings. The van der Waals surface area contributed by atoms with Crippen LogP contribution >= 0.6 is 0 Å². The monoisotopic (exact) mass is 209 g/mol. The van der Waals surface area contributed by atoms with E-state index in [1.165, 1.54) is 0 Å². The highest BCUT2D eigenvalue weighted by atomic mass is 16.5. The van der Waals surface area contributed by atoms with Crippen LogP contribution in [0.5, 0.6) is 5.75 Å². The van der Waals surface area contributed by atoms with Crippen molar-refractivity contribution in [2.75, 3.05) is 19.8 Å². The molecule has 0 aliphatic carbocycles. The molecule has 0 heterocycles. The Morgan fingerprint density at radius 2 is 2.00 bits per heavy atom. The first-order valence-corrected chi connectivity index (χ1v) is 5.24. The fourth-order valence-corrected chi connectivity index (χ4v) is 1.19. The molecule has 0 aromatic heterocycles. The average Bonchev–Trinajstić information content (AvgIpc) is 2.26. The molecular formula is C12H19NO2. The maximum absolute atomic E-state index is 5.57. The van der Waals surface area contributed by atoms with Crippen LogP contribution in [0.3, 0.4) is 0 Å². The Bertz CT molecular complexity index is 289. The molecule has 1 rings (SSSR count). The Labute approximate surface area is 91.2 Å². The van der Waals surface area contributed by atoms with Gasteiger partial charge in [0.25, 0.3) is 0 Å². The summed E-state index contributed by atoms with van der Waals surface area (Å²) >= 11 is 0. The molecule has 0 saturated carbocycles. The summed E-state index contributed by atoms with van der Waals surface area (Å²) in [5, 5.41) is 0. The molecule has 15 heavy (non-hydrogen) atoms. The minimum atomic E-state index is 0.102. The summed E-state index contributed by atoms with van der Waals surface area (Å²) in [5.74, 6) is 0.918. The lowest BCUT2D eigenvalue weighted by molar-refractivity contribution is 0.0495. The van der Waals surface area contributed by atoms with Crippen LogP contribution in [0.25, 0.3) is 0 Å². The molecule has 1 aromatic carbocycles. The van der Waals surface area contributed by atoms with Crippen LogP contribution in [0, 0.1) is 6.92 Å². The van der Waals surface area contributed by atoms with Crippen molar-refractivity contribution in [3.8, 4) is 5.75 Å². The fraction of sp³-hybridized carbons (Fsp3) is 0.500. The summed E-state index contributed by atoms with van der Waals surface area (Å²) in [5.41, 5.74) is 6.57. The topological polar surface area (TPSA) is 44.5 Å². The van der Waals surface area contributed by atoms with Crippen LogP contribution in [-0.2, 0) is 4.74 Å². The SMILES string of the molecule is Cc1ccccc1OCCOC(C)CN. The highest BCUT2D eigenvalue weighted by Gasteiger charge is 2.00. The molecule has 3 heteroatoms. The molecule has 84 valence electrons. The van der Waals surface area contributed by atoms with Gasteiger partial charge in [-0.05, 0) is 25.5 Å². The molecule has 0 aliphatic rings. The van der Waals surface area contributed by atoms with Crippen molar-refractivity contribution in [2.24, 2.45) is 5.73 Å². The van der Waals surface area contributed by atoms with Crippen LogP contribution in [0.15, 0.2) is 24.3 Å². The first kappa shape index (κ1) is 12.0. The van der Waals surface area contributed by atoms with E-state index >= 15 is 0 Å². The molecule has 2 N–H and O–H groups in total. The molecule has 3 nitrogen and oxygen atoms in total. The van der Waals surface area contributed by atoms with Gasteiger partial charge in [0.05, 0.1) is 12.7 Å². The second-order valence-corrected chi connectivity index (χ2v) is 3.53. The molecule has 0 spiro atoms. The van der Waals surface area contributed by atoms with Crippen LogP contribution in [0.2, 0.25) is 0 Å². The van der Waals surface area contributed by atoms with Crippen molar-refractivity contribution in [2.45, 2.75) is 20.0 Å². The van der Waals surface area contributed by atoms with E-state index in [0.717, 1.165) is 11.3 Å². The van der Waals surface area contributed by atoms with Gasteiger partial charge in [-0.1, -0.05) is 18.2 Å². The van der Waals surface area contributed by atoms with Crippen LogP contribution in [-0.4, -0.2) is 25.9 Å². The number of ether oxygens (including phenoxy) is 2. The van der Waals surface area contributed by atoms with E-state index in [9.17, 15) is 0 Å². The normalized spacial score (nSPS) is 12.5. The maximum atomic E-state index is 5.57. The minimum Gasteiger partial charge on any atom is -0.491 e. The van der Waals surface area contributed by atoms with Crippen LogP contribution < -0.4 is 10.5 Å². The predicted octanol–water partition coefficient (Wildman–Crippen LogP) is 1.74. The fourth-order valence-electron chi connectivity index (χ4n) is 1.19. The molecule has 0 amide bonds. The quantitative estimate of drug-likeness (QED) is 0.726. The third kappa shape index (κ3) is 4.32. The molecule has 0 radical (unpaired) electrons. The van der Waals surface area contributed by atoms with Crippen molar-refractivity contribution < 1.29 is 9.47 Å². The summed E-state index contributed by atoms with van der Waals surface area (Å²) in [6, 6.07) is 7.95. The van der Waals surface area contributed by atoms with Gasteiger partial charge < -0.3 is 15.2 Å². The van der Waals surface area contributed by atoms with E-state index in [0.29, 0.717) is 19.8 Å². The predicted molar refractivity (Wildman–Crippen MR) is 61.1 cm³/mol. The van der Waals surface area contributed by atoms with Gasteiger partial charge in [0.1, 0.15) is 12.4 Å². The van der Waals surface area contributed by atoms with Gasteiger partial charge in [-0.3, -0.25) is 0 Å². The number of aryl methyl sites for hydroxylation is 1. The lowest BCUT2D eigenvalue weighted by Gasteiger charge is -2.12. The average molecular weight is 209 g/mol. The second-order valence-electron chi connectivity index (χ2n) is 3.53. The van der Waals surface area contributed by atoms with Gasteiger partial charge >= 0.3 is 0 Å². The van der Waals surface area contributed by atoms with E-state index in [1.54, 1.807) is 0 Å². The van der Waals surface area contributed by atoms with E-state index in [4.69, 9.17) is 15.2 Å². The van der Waals surface area contributed by atoms with Gasteiger partial charge in [0, 0.05) is 6.54 Å². The number of rotatable bonds is 6. The number of nitrogens with two attached hydrogens (primary N) is 1. The Morgan fingerprint density at radius 3 is 2.67 bits per heavy atom. The van der Waals surface area contributed by atoms with Crippen molar-refractivity contribution >= 4 is 0 Å². The second kappa shape index (κ2) is 6.43. The zero-order valence-electron chi connectivity index (χ0n) is 9.40. The van der Waals surface area contributed by atoms with Gasteiger partial charge in [-0.2, -0.15) is 0 Å².